The van der Waals surface area contributed by atoms with E-state index in [0.29, 0.717) is 25.0 Å². The molecule has 19 heavy (non-hydrogen) atoms. The van der Waals surface area contributed by atoms with Crippen LogP contribution in [0.1, 0.15) is 12.8 Å². The summed E-state index contributed by atoms with van der Waals surface area (Å²) in [6, 6.07) is 0. The first-order chi connectivity index (χ1) is 8.88. The lowest BCUT2D eigenvalue weighted by molar-refractivity contribution is 0.286. The van der Waals surface area contributed by atoms with E-state index < -0.39 is 10.0 Å². The number of piperidine rings is 1. The van der Waals surface area contributed by atoms with Crippen LogP contribution in [0.2, 0.25) is 0 Å². The first-order valence-corrected chi connectivity index (χ1v) is 8.94. The zero-order chi connectivity index (χ0) is 14.0. The van der Waals surface area contributed by atoms with Crippen molar-refractivity contribution in [2.45, 2.75) is 18.0 Å². The van der Waals surface area contributed by atoms with Gasteiger partial charge in [-0.15, -0.1) is 10.2 Å². The molecular weight excluding hydrogens is 286 g/mol. The predicted molar refractivity (Wildman–Crippen MR) is 75.3 cm³/mol. The van der Waals surface area contributed by atoms with Crippen LogP contribution in [0.25, 0.3) is 0 Å². The normalized spacial score (nSPS) is 21.7. The number of rotatable bonds is 4. The number of thioether (sulfide) groups is 1. The minimum Gasteiger partial charge on any atom is -0.368 e. The van der Waals surface area contributed by atoms with Crippen molar-refractivity contribution in [1.29, 1.82) is 0 Å². The van der Waals surface area contributed by atoms with Crippen LogP contribution in [-0.2, 0) is 17.1 Å². The zero-order valence-corrected chi connectivity index (χ0v) is 12.7. The number of nitrogen functional groups attached to an aromatic ring is 1. The molecule has 2 heterocycles. The molecular formula is C10H19N5O2S2. The van der Waals surface area contributed by atoms with Gasteiger partial charge in [0, 0.05) is 25.9 Å². The summed E-state index contributed by atoms with van der Waals surface area (Å²) in [6.45, 7) is 1.23. The molecule has 1 saturated heterocycles. The number of hydrogen-bond donors (Lipinski definition) is 1. The van der Waals surface area contributed by atoms with Crippen LogP contribution in [0.5, 0.6) is 0 Å². The lowest BCUT2D eigenvalue weighted by atomic mass is 10.0. The summed E-state index contributed by atoms with van der Waals surface area (Å²) < 4.78 is 26.4. The zero-order valence-electron chi connectivity index (χ0n) is 11.1. The summed E-state index contributed by atoms with van der Waals surface area (Å²) in [5.41, 5.74) is 5.62. The second-order valence-electron chi connectivity index (χ2n) is 4.84. The van der Waals surface area contributed by atoms with Gasteiger partial charge in [0.05, 0.1) is 6.26 Å². The summed E-state index contributed by atoms with van der Waals surface area (Å²) in [6.07, 6.45) is 3.23. The highest BCUT2D eigenvalue weighted by Gasteiger charge is 2.26. The van der Waals surface area contributed by atoms with E-state index >= 15 is 0 Å². The van der Waals surface area contributed by atoms with Gasteiger partial charge < -0.3 is 5.73 Å². The van der Waals surface area contributed by atoms with Crippen molar-refractivity contribution in [2.75, 3.05) is 30.8 Å². The van der Waals surface area contributed by atoms with Crippen LogP contribution in [-0.4, -0.2) is 52.6 Å². The minimum absolute atomic E-state index is 0.353. The average Bonchev–Trinajstić information content (AvgIpc) is 2.67. The Labute approximate surface area is 117 Å². The number of sulfonamides is 1. The summed E-state index contributed by atoms with van der Waals surface area (Å²) >= 11 is 1.57. The Morgan fingerprint density at radius 3 is 2.79 bits per heavy atom. The molecule has 0 aromatic carbocycles. The Kier molecular flexibility index (Phi) is 4.36. The van der Waals surface area contributed by atoms with Crippen LogP contribution in [0, 0.1) is 5.92 Å². The summed E-state index contributed by atoms with van der Waals surface area (Å²) in [7, 11) is -1.25. The van der Waals surface area contributed by atoms with E-state index in [-0.39, 0.29) is 0 Å². The molecule has 2 N–H and O–H groups in total. The van der Waals surface area contributed by atoms with Gasteiger partial charge in [-0.05, 0) is 18.8 Å². The van der Waals surface area contributed by atoms with E-state index in [2.05, 4.69) is 10.2 Å². The van der Waals surface area contributed by atoms with Crippen LogP contribution in [0.4, 0.5) is 5.95 Å². The summed E-state index contributed by atoms with van der Waals surface area (Å²) in [4.78, 5) is 0. The standard InChI is InChI=1S/C10H19N5O2S2/c1-14-9(11)12-13-10(14)18-7-8-4-3-5-15(6-8)19(2,16)17/h8H,3-7H2,1-2H3,(H2,11,12). The fraction of sp³-hybridized carbons (Fsp3) is 0.800. The monoisotopic (exact) mass is 305 g/mol. The lowest BCUT2D eigenvalue weighted by Crippen LogP contribution is -2.39. The molecule has 0 amide bonds. The van der Waals surface area contributed by atoms with Gasteiger partial charge >= 0.3 is 0 Å². The topological polar surface area (TPSA) is 94.1 Å². The Morgan fingerprint density at radius 2 is 2.21 bits per heavy atom. The van der Waals surface area contributed by atoms with Gasteiger partial charge in [-0.3, -0.25) is 4.57 Å². The number of anilines is 1. The van der Waals surface area contributed by atoms with Crippen molar-refractivity contribution in [3.8, 4) is 0 Å². The molecule has 7 nitrogen and oxygen atoms in total. The quantitative estimate of drug-likeness (QED) is 0.796. The van der Waals surface area contributed by atoms with E-state index in [4.69, 9.17) is 5.73 Å². The van der Waals surface area contributed by atoms with Gasteiger partial charge in [-0.1, -0.05) is 11.8 Å². The van der Waals surface area contributed by atoms with E-state index in [1.165, 1.54) is 6.26 Å². The van der Waals surface area contributed by atoms with E-state index in [1.54, 1.807) is 20.6 Å². The summed E-state index contributed by atoms with van der Waals surface area (Å²) in [5, 5.41) is 8.56. The maximum atomic E-state index is 11.5. The van der Waals surface area contributed by atoms with Crippen LogP contribution in [0.3, 0.4) is 0 Å². The first-order valence-electron chi connectivity index (χ1n) is 6.10. The van der Waals surface area contributed by atoms with E-state index in [0.717, 1.165) is 23.8 Å². The summed E-state index contributed by atoms with van der Waals surface area (Å²) in [5.74, 6) is 1.58. The third kappa shape index (κ3) is 3.61. The fourth-order valence-corrected chi connectivity index (χ4v) is 4.09. The molecule has 2 rings (SSSR count). The van der Waals surface area contributed by atoms with Crippen molar-refractivity contribution in [2.24, 2.45) is 13.0 Å². The Balaban J connectivity index is 1.91. The largest absolute Gasteiger partial charge is 0.368 e. The SMILES string of the molecule is Cn1c(N)nnc1SCC1CCCN(S(C)(=O)=O)C1. The lowest BCUT2D eigenvalue weighted by Gasteiger charge is -2.30. The predicted octanol–water partition coefficient (Wildman–Crippen LogP) is 0.161. The molecule has 1 atom stereocenters. The van der Waals surface area contributed by atoms with Gasteiger partial charge in [0.2, 0.25) is 16.0 Å². The third-order valence-electron chi connectivity index (χ3n) is 3.27. The Bertz CT molecular complexity index is 542. The van der Waals surface area contributed by atoms with Gasteiger partial charge in [-0.25, -0.2) is 12.7 Å². The van der Waals surface area contributed by atoms with Crippen molar-refractivity contribution >= 4 is 27.7 Å². The van der Waals surface area contributed by atoms with Crippen LogP contribution >= 0.6 is 11.8 Å². The molecule has 0 radical (unpaired) electrons. The first kappa shape index (κ1) is 14.6. The van der Waals surface area contributed by atoms with Gasteiger partial charge in [0.25, 0.3) is 0 Å². The second kappa shape index (κ2) is 5.68. The number of nitrogens with zero attached hydrogens (tertiary/aromatic N) is 4. The molecule has 0 saturated carbocycles. The third-order valence-corrected chi connectivity index (χ3v) is 5.79. The molecule has 1 aliphatic rings. The minimum atomic E-state index is -3.07. The van der Waals surface area contributed by atoms with Crippen LogP contribution in [0.15, 0.2) is 5.16 Å². The van der Waals surface area contributed by atoms with Crippen LogP contribution < -0.4 is 5.73 Å². The number of nitrogens with two attached hydrogens (primary N) is 1. The highest BCUT2D eigenvalue weighted by Crippen LogP contribution is 2.26. The second-order valence-corrected chi connectivity index (χ2v) is 7.81. The number of aromatic nitrogens is 3. The van der Waals surface area contributed by atoms with Crippen molar-refractivity contribution < 1.29 is 8.42 Å². The molecule has 108 valence electrons. The molecule has 1 unspecified atom stereocenters. The molecule has 0 spiro atoms. The maximum Gasteiger partial charge on any atom is 0.222 e. The average molecular weight is 305 g/mol. The Hall–Kier alpha value is -0.800. The Morgan fingerprint density at radius 1 is 1.47 bits per heavy atom. The molecule has 9 heteroatoms. The smallest absolute Gasteiger partial charge is 0.222 e. The fourth-order valence-electron chi connectivity index (χ4n) is 2.11. The highest BCUT2D eigenvalue weighted by molar-refractivity contribution is 7.99. The number of hydrogen-bond acceptors (Lipinski definition) is 6. The highest BCUT2D eigenvalue weighted by atomic mass is 32.2. The van der Waals surface area contributed by atoms with Gasteiger partial charge in [-0.2, -0.15) is 0 Å². The van der Waals surface area contributed by atoms with E-state index in [1.807, 2.05) is 7.05 Å². The maximum absolute atomic E-state index is 11.5. The van der Waals surface area contributed by atoms with Gasteiger partial charge in [0.15, 0.2) is 5.16 Å². The van der Waals surface area contributed by atoms with Gasteiger partial charge in [0.1, 0.15) is 0 Å². The molecule has 1 aromatic rings. The van der Waals surface area contributed by atoms with Crippen molar-refractivity contribution in [1.82, 2.24) is 19.1 Å². The molecule has 1 aliphatic heterocycles. The molecule has 0 aliphatic carbocycles. The molecule has 1 fully saturated rings. The molecule has 1 aromatic heterocycles. The molecule has 0 bridgehead atoms. The van der Waals surface area contributed by atoms with E-state index in [9.17, 15) is 8.42 Å². The van der Waals surface area contributed by atoms with Crippen molar-refractivity contribution in [3.63, 3.8) is 0 Å². The van der Waals surface area contributed by atoms with Crippen molar-refractivity contribution in [3.05, 3.63) is 0 Å².